The van der Waals surface area contributed by atoms with Crippen LogP contribution < -0.4 is 32.6 Å². The number of nitrogens with one attached hydrogen (secondary N) is 5. The number of phosphoric ester groups is 2. The zero-order valence-electron chi connectivity index (χ0n) is 47.8. The average Bonchev–Trinajstić information content (AvgIpc) is 4.23. The van der Waals surface area contributed by atoms with Crippen LogP contribution in [0.1, 0.15) is 38.1 Å². The van der Waals surface area contributed by atoms with Crippen LogP contribution in [0.15, 0.2) is 23.8 Å². The number of imidazole rings is 2. The Morgan fingerprint density at radius 2 is 1.28 bits per heavy atom. The van der Waals surface area contributed by atoms with Crippen LogP contribution in [0.2, 0.25) is 0 Å². The number of fused-ring (bicyclic) bond motifs is 3. The van der Waals surface area contributed by atoms with Gasteiger partial charge in [0.15, 0.2) is 35.1 Å². The summed E-state index contributed by atoms with van der Waals surface area (Å²) in [5, 5.41) is 54.4. The molecule has 8 heterocycles. The SMILES string of the molecule is Nc1nc2ncn([C@@H]3O[C@H](COP(=O)(O)OCCOCCOCCOCCOCCOCCOP(=O)(O)O[C@@H]4[C@H](O)[C@@H](CO)O[C@H]4n4cnc5ncnc(NCCOCCOCCNC(=O)CCCC[C@@H]6SC[C@@H]7NC(=O)N[C@@H]76)c54)[C@@H](O)[C@H]3O)c2c(=O)[nH]1. The van der Waals surface area contributed by atoms with Gasteiger partial charge in [0.05, 0.1) is 131 Å². The van der Waals surface area contributed by atoms with Crippen molar-refractivity contribution in [2.75, 3.05) is 149 Å². The highest BCUT2D eigenvalue weighted by molar-refractivity contribution is 8.00. The van der Waals surface area contributed by atoms with E-state index in [9.17, 15) is 53.7 Å². The first-order valence-corrected chi connectivity index (χ1v) is 32.4. The van der Waals surface area contributed by atoms with Crippen molar-refractivity contribution < 1.29 is 110 Å². The van der Waals surface area contributed by atoms with Crippen LogP contribution in [0.25, 0.3) is 22.3 Å². The number of aromatic nitrogens is 8. The van der Waals surface area contributed by atoms with Crippen LogP contribution in [-0.2, 0) is 74.7 Å². The molecule has 4 saturated heterocycles. The van der Waals surface area contributed by atoms with Gasteiger partial charge in [-0.3, -0.25) is 41.8 Å². The second-order valence-electron chi connectivity index (χ2n) is 20.0. The van der Waals surface area contributed by atoms with Crippen LogP contribution in [0, 0.1) is 0 Å². The maximum atomic E-state index is 13.1. The Bertz CT molecular complexity index is 2980. The zero-order chi connectivity index (χ0) is 62.5. The van der Waals surface area contributed by atoms with E-state index in [-0.39, 0.29) is 146 Å². The number of amides is 3. The number of hydrogen-bond donors (Lipinski definition) is 12. The fraction of sp³-hybridized carbons (Fsp3) is 0.750. The van der Waals surface area contributed by atoms with Gasteiger partial charge in [0, 0.05) is 30.5 Å². The van der Waals surface area contributed by atoms with Crippen molar-refractivity contribution >= 4 is 73.4 Å². The van der Waals surface area contributed by atoms with E-state index in [0.717, 1.165) is 29.6 Å². The smallest absolute Gasteiger partial charge is 0.394 e. The molecule has 4 aliphatic heterocycles. The van der Waals surface area contributed by atoms with Gasteiger partial charge in [-0.1, -0.05) is 6.42 Å². The van der Waals surface area contributed by atoms with Gasteiger partial charge in [-0.05, 0) is 12.8 Å². The number of nitrogen functional groups attached to an aromatic ring is 1. The summed E-state index contributed by atoms with van der Waals surface area (Å²) in [4.78, 5) is 80.0. The predicted molar refractivity (Wildman–Crippen MR) is 304 cm³/mol. The predicted octanol–water partition coefficient (Wildman–Crippen LogP) is -2.58. The Morgan fingerprint density at radius 1 is 0.693 bits per heavy atom. The number of phosphoric acid groups is 2. The summed E-state index contributed by atoms with van der Waals surface area (Å²) >= 11 is 1.86. The molecule has 37 nitrogen and oxygen atoms in total. The molecule has 0 aliphatic carbocycles. The number of aliphatic hydroxyl groups is 4. The van der Waals surface area contributed by atoms with E-state index in [2.05, 4.69) is 51.2 Å². The Balaban J connectivity index is 0.605. The lowest BCUT2D eigenvalue weighted by atomic mass is 10.0. The summed E-state index contributed by atoms with van der Waals surface area (Å²) < 4.78 is 98.5. The first-order valence-electron chi connectivity index (χ1n) is 28.4. The molecule has 0 bridgehead atoms. The first-order chi connectivity index (χ1) is 42.5. The summed E-state index contributed by atoms with van der Waals surface area (Å²) in [6.07, 6.45) is -4.44. The normalized spacial score (nSPS) is 25.7. The Morgan fingerprint density at radius 3 is 1.94 bits per heavy atom. The van der Waals surface area contributed by atoms with E-state index in [1.807, 2.05) is 11.8 Å². The molecule has 13 N–H and O–H groups in total. The van der Waals surface area contributed by atoms with E-state index in [1.54, 1.807) is 0 Å². The van der Waals surface area contributed by atoms with Crippen LogP contribution >= 0.6 is 27.4 Å². The number of unbranched alkanes of at least 4 members (excludes halogenated alkanes) is 1. The van der Waals surface area contributed by atoms with Crippen molar-refractivity contribution in [1.82, 2.24) is 55.0 Å². The number of nitrogens with zero attached hydrogens (tertiary/aromatic N) is 7. The fourth-order valence-electron chi connectivity index (χ4n) is 9.65. The van der Waals surface area contributed by atoms with Crippen molar-refractivity contribution in [1.29, 1.82) is 0 Å². The van der Waals surface area contributed by atoms with E-state index in [1.165, 1.54) is 23.5 Å². The molecule has 8 rings (SSSR count). The molecule has 0 aromatic carbocycles. The molecule has 494 valence electrons. The second-order valence-corrected chi connectivity index (χ2v) is 24.1. The van der Waals surface area contributed by atoms with E-state index in [4.69, 9.17) is 66.5 Å². The number of aliphatic hydroxyl groups excluding tert-OH is 4. The molecule has 0 radical (unpaired) electrons. The van der Waals surface area contributed by atoms with Gasteiger partial charge in [-0.15, -0.1) is 0 Å². The second kappa shape index (κ2) is 34.6. The lowest BCUT2D eigenvalue weighted by Crippen LogP contribution is -2.36. The van der Waals surface area contributed by atoms with Gasteiger partial charge < -0.3 is 99.8 Å². The molecule has 0 spiro atoms. The van der Waals surface area contributed by atoms with E-state index >= 15 is 0 Å². The van der Waals surface area contributed by atoms with Gasteiger partial charge in [-0.25, -0.2) is 33.9 Å². The third-order valence-corrected chi connectivity index (χ3v) is 17.4. The highest BCUT2D eigenvalue weighted by Crippen LogP contribution is 2.50. The van der Waals surface area contributed by atoms with Crippen molar-refractivity contribution in [3.05, 3.63) is 29.3 Å². The van der Waals surface area contributed by atoms with Crippen molar-refractivity contribution in [3.63, 3.8) is 0 Å². The van der Waals surface area contributed by atoms with Crippen LogP contribution in [0.5, 0.6) is 0 Å². The standard InChI is InChI=1S/C48H77N13O24P2S/c49-47-58-43-36(44(67)59-47)61(28-55-43)45-39(66)37(64)31(84-45)24-82-86(69,70)80-21-19-78-17-15-76-13-11-75-12-14-77-16-18-79-20-22-81-87(71,72)85-40-38(65)30(23-62)83-46(40)60-27-54-42-35(60)41(52-26-53-42)51-6-8-74-10-9-73-7-5-50-33(63)4-2-1-3-32-34-29(25-88-32)56-48(68)57-34/h26-32,34,37-40,45-46,62,64-66H,1-25H2,(H,50,63)(H,69,70)(H,71,72)(H,51,52,53)(H2,56,57,68)(H3,49,58,59,67)/t29-,30+,31+,32-,34-,37+,38+,39+,40+,45+,46+/m0/s1. The molecular weight excluding hydrogens is 1240 g/mol. The number of nitrogens with two attached hydrogens (primary N) is 1. The molecular formula is C48H77N13O24P2S. The number of hydrogen-bond acceptors (Lipinski definition) is 30. The molecule has 3 amide bonds. The van der Waals surface area contributed by atoms with Crippen LogP contribution in [-0.4, -0.2) is 273 Å². The summed E-state index contributed by atoms with van der Waals surface area (Å²) in [6, 6.07) is 0.246. The summed E-state index contributed by atoms with van der Waals surface area (Å²) in [5.74, 6) is 1.00. The lowest BCUT2D eigenvalue weighted by molar-refractivity contribution is -0.121. The number of ether oxygens (including phenoxy) is 9. The average molecular weight is 1310 g/mol. The lowest BCUT2D eigenvalue weighted by Gasteiger charge is -2.24. The third-order valence-electron chi connectivity index (χ3n) is 13.9. The first kappa shape index (κ1) is 69.2. The summed E-state index contributed by atoms with van der Waals surface area (Å²) in [7, 11) is -9.49. The molecule has 40 heteroatoms. The number of urea groups is 1. The number of H-pyrrole nitrogens is 1. The quantitative estimate of drug-likeness (QED) is 0.0123. The number of aromatic amines is 1. The highest BCUT2D eigenvalue weighted by Gasteiger charge is 2.50. The molecule has 4 aromatic rings. The van der Waals surface area contributed by atoms with Crippen molar-refractivity contribution in [2.24, 2.45) is 0 Å². The van der Waals surface area contributed by atoms with Crippen LogP contribution in [0.3, 0.4) is 0 Å². The Kier molecular flexibility index (Phi) is 27.2. The maximum Gasteiger partial charge on any atom is 0.472 e. The minimum Gasteiger partial charge on any atom is -0.394 e. The highest BCUT2D eigenvalue weighted by atomic mass is 32.2. The largest absolute Gasteiger partial charge is 0.472 e. The van der Waals surface area contributed by atoms with E-state index < -0.39 is 83.5 Å². The summed E-state index contributed by atoms with van der Waals surface area (Å²) in [5.41, 5.74) is 5.33. The number of thioether (sulfide) groups is 1. The van der Waals surface area contributed by atoms with Crippen LogP contribution in [0.4, 0.5) is 16.6 Å². The number of carbonyl (C=O) groups is 2. The maximum absolute atomic E-state index is 13.1. The third kappa shape index (κ3) is 20.1. The van der Waals surface area contributed by atoms with Crippen molar-refractivity contribution in [2.45, 2.75) is 92.1 Å². The van der Waals surface area contributed by atoms with Gasteiger partial charge in [-0.2, -0.15) is 16.7 Å². The Hall–Kier alpha value is -4.71. The molecule has 4 fully saturated rings. The van der Waals surface area contributed by atoms with Crippen molar-refractivity contribution in [3.8, 4) is 0 Å². The Labute approximate surface area is 506 Å². The minimum atomic E-state index is -4.86. The fourth-order valence-corrected chi connectivity index (χ4v) is 12.8. The summed E-state index contributed by atoms with van der Waals surface area (Å²) in [6.45, 7) is 1.21. The van der Waals surface area contributed by atoms with Gasteiger partial charge in [0.25, 0.3) is 5.56 Å². The monoisotopic (exact) mass is 1310 g/mol. The topological polar surface area (TPSA) is 491 Å². The molecule has 13 atom stereocenters. The molecule has 2 unspecified atom stereocenters. The molecule has 4 aliphatic rings. The molecule has 4 aromatic heterocycles. The molecule has 0 saturated carbocycles. The molecule has 88 heavy (non-hydrogen) atoms. The van der Waals surface area contributed by atoms with Gasteiger partial charge >= 0.3 is 21.7 Å². The number of anilines is 2. The zero-order valence-corrected chi connectivity index (χ0v) is 50.4. The number of carbonyl (C=O) groups excluding carboxylic acids is 2. The van der Waals surface area contributed by atoms with E-state index in [0.29, 0.717) is 42.8 Å². The van der Waals surface area contributed by atoms with Gasteiger partial charge in [0.2, 0.25) is 11.9 Å². The minimum absolute atomic E-state index is 0.0197. The number of rotatable bonds is 43. The van der Waals surface area contributed by atoms with Gasteiger partial charge in [0.1, 0.15) is 61.1 Å².